The summed E-state index contributed by atoms with van der Waals surface area (Å²) < 4.78 is 18.3. The van der Waals surface area contributed by atoms with E-state index in [4.69, 9.17) is 16.3 Å². The van der Waals surface area contributed by atoms with Crippen LogP contribution in [0.25, 0.3) is 0 Å². The molecule has 0 aliphatic carbocycles. The Kier molecular flexibility index (Phi) is 6.38. The second-order valence-electron chi connectivity index (χ2n) is 5.86. The highest BCUT2D eigenvalue weighted by Crippen LogP contribution is 2.33. The molecule has 11 heteroatoms. The number of hydrogen-bond donors (Lipinski definition) is 2. The van der Waals surface area contributed by atoms with Gasteiger partial charge in [-0.25, -0.2) is 19.2 Å². The van der Waals surface area contributed by atoms with Gasteiger partial charge >= 0.3 is 11.7 Å². The molecule has 0 bridgehead atoms. The molecule has 0 radical (unpaired) electrons. The fourth-order valence-corrected chi connectivity index (χ4v) is 2.70. The number of nitro groups is 1. The number of benzene rings is 2. The molecule has 3 aromatic rings. The molecule has 1 aromatic heterocycles. The Morgan fingerprint density at radius 3 is 2.43 bits per heavy atom. The lowest BCUT2D eigenvalue weighted by Crippen LogP contribution is -2.07. The Hall–Kier alpha value is -3.79. The van der Waals surface area contributed by atoms with Gasteiger partial charge in [-0.15, -0.1) is 0 Å². The van der Waals surface area contributed by atoms with Crippen LogP contribution in [0.4, 0.5) is 33.1 Å². The fourth-order valence-electron chi connectivity index (χ4n) is 2.52. The van der Waals surface area contributed by atoms with E-state index < -0.39 is 22.4 Å². The lowest BCUT2D eigenvalue weighted by atomic mass is 10.2. The maximum atomic E-state index is 13.4. The first kappa shape index (κ1) is 20.9. The Morgan fingerprint density at radius 1 is 1.17 bits per heavy atom. The first-order valence-corrected chi connectivity index (χ1v) is 9.02. The molecule has 0 unspecified atom stereocenters. The van der Waals surface area contributed by atoms with Gasteiger partial charge in [-0.1, -0.05) is 17.7 Å². The number of carbonyl (C=O) groups is 1. The predicted octanol–water partition coefficient (Wildman–Crippen LogP) is 4.84. The summed E-state index contributed by atoms with van der Waals surface area (Å²) in [6.45, 7) is 1.91. The lowest BCUT2D eigenvalue weighted by Gasteiger charge is -2.11. The molecule has 0 saturated carbocycles. The molecule has 0 atom stereocenters. The van der Waals surface area contributed by atoms with Crippen molar-refractivity contribution >= 4 is 46.3 Å². The number of ether oxygens (including phenoxy) is 1. The molecule has 9 nitrogen and oxygen atoms in total. The smallest absolute Gasteiger partial charge is 0.353 e. The normalized spacial score (nSPS) is 10.4. The van der Waals surface area contributed by atoms with Crippen molar-refractivity contribution in [3.05, 3.63) is 75.3 Å². The largest absolute Gasteiger partial charge is 0.462 e. The van der Waals surface area contributed by atoms with E-state index in [0.717, 1.165) is 12.4 Å². The predicted molar refractivity (Wildman–Crippen MR) is 109 cm³/mol. The van der Waals surface area contributed by atoms with Gasteiger partial charge in [-0.05, 0) is 43.3 Å². The molecule has 0 spiro atoms. The van der Waals surface area contributed by atoms with E-state index in [1.807, 2.05) is 0 Å². The van der Waals surface area contributed by atoms with Crippen LogP contribution < -0.4 is 10.6 Å². The van der Waals surface area contributed by atoms with Gasteiger partial charge in [-0.2, -0.15) is 0 Å². The van der Waals surface area contributed by atoms with Crippen molar-refractivity contribution in [3.8, 4) is 0 Å². The average Bonchev–Trinajstić information content (AvgIpc) is 2.71. The number of nitrogens with one attached hydrogen (secondary N) is 2. The van der Waals surface area contributed by atoms with Crippen LogP contribution in [-0.2, 0) is 4.74 Å². The quantitative estimate of drug-likeness (QED) is 0.310. The fraction of sp³-hybridized carbons (Fsp3) is 0.105. The number of hydrogen-bond acceptors (Lipinski definition) is 8. The number of nitrogens with zero attached hydrogens (tertiary/aromatic N) is 3. The van der Waals surface area contributed by atoms with Gasteiger partial charge in [0, 0.05) is 11.4 Å². The van der Waals surface area contributed by atoms with Crippen molar-refractivity contribution in [1.82, 2.24) is 9.97 Å². The highest BCUT2D eigenvalue weighted by Gasteiger charge is 2.24. The number of aromatic nitrogens is 2. The molecule has 0 saturated heterocycles. The molecule has 2 N–H and O–H groups in total. The molecule has 2 aromatic carbocycles. The molecular formula is C19H15ClFN5O4. The number of anilines is 4. The summed E-state index contributed by atoms with van der Waals surface area (Å²) in [4.78, 5) is 30.8. The molecular weight excluding hydrogens is 417 g/mol. The van der Waals surface area contributed by atoms with Crippen LogP contribution in [0.15, 0.2) is 48.8 Å². The van der Waals surface area contributed by atoms with Crippen molar-refractivity contribution in [2.24, 2.45) is 0 Å². The van der Waals surface area contributed by atoms with E-state index >= 15 is 0 Å². The van der Waals surface area contributed by atoms with Crippen LogP contribution in [0, 0.1) is 15.9 Å². The second kappa shape index (κ2) is 9.14. The van der Waals surface area contributed by atoms with Gasteiger partial charge in [0.15, 0.2) is 0 Å². The maximum absolute atomic E-state index is 13.4. The average molecular weight is 432 g/mol. The molecule has 0 fully saturated rings. The second-order valence-corrected chi connectivity index (χ2v) is 6.26. The van der Waals surface area contributed by atoms with Gasteiger partial charge < -0.3 is 15.4 Å². The van der Waals surface area contributed by atoms with E-state index in [2.05, 4.69) is 20.6 Å². The van der Waals surface area contributed by atoms with Crippen LogP contribution in [0.2, 0.25) is 5.02 Å². The lowest BCUT2D eigenvalue weighted by molar-refractivity contribution is -0.383. The summed E-state index contributed by atoms with van der Waals surface area (Å²) in [5.41, 5.74) is 0.522. The van der Waals surface area contributed by atoms with Crippen molar-refractivity contribution in [1.29, 1.82) is 0 Å². The topological polar surface area (TPSA) is 119 Å². The van der Waals surface area contributed by atoms with Crippen LogP contribution >= 0.6 is 11.6 Å². The third-order valence-corrected chi connectivity index (χ3v) is 4.11. The molecule has 154 valence electrons. The minimum atomic E-state index is -0.662. The number of carbonyl (C=O) groups excluding carboxylic acids is 1. The third kappa shape index (κ3) is 4.78. The van der Waals surface area contributed by atoms with E-state index in [1.54, 1.807) is 25.1 Å². The Labute approximate surface area is 175 Å². The van der Waals surface area contributed by atoms with E-state index in [1.165, 1.54) is 18.2 Å². The van der Waals surface area contributed by atoms with Crippen molar-refractivity contribution in [2.75, 3.05) is 17.2 Å². The summed E-state index contributed by atoms with van der Waals surface area (Å²) in [5, 5.41) is 17.1. The Bertz CT molecular complexity index is 1110. The molecule has 30 heavy (non-hydrogen) atoms. The van der Waals surface area contributed by atoms with Gasteiger partial charge in [0.1, 0.15) is 12.1 Å². The van der Waals surface area contributed by atoms with Gasteiger partial charge in [-0.3, -0.25) is 10.1 Å². The van der Waals surface area contributed by atoms with Gasteiger partial charge in [0.05, 0.1) is 22.1 Å². The highest BCUT2D eigenvalue weighted by atomic mass is 35.5. The molecule has 0 aliphatic rings. The van der Waals surface area contributed by atoms with Crippen LogP contribution in [0.1, 0.15) is 17.3 Å². The number of rotatable bonds is 7. The summed E-state index contributed by atoms with van der Waals surface area (Å²) in [6, 6.07) is 10.0. The summed E-state index contributed by atoms with van der Waals surface area (Å²) in [7, 11) is 0. The van der Waals surface area contributed by atoms with E-state index in [-0.39, 0.29) is 28.8 Å². The number of halogens is 2. The first-order chi connectivity index (χ1) is 14.4. The van der Waals surface area contributed by atoms with E-state index in [9.17, 15) is 19.3 Å². The summed E-state index contributed by atoms with van der Waals surface area (Å²) in [6.07, 6.45) is 1.12. The van der Waals surface area contributed by atoms with Crippen molar-refractivity contribution < 1.29 is 18.8 Å². The minimum absolute atomic E-state index is 0.105. The van der Waals surface area contributed by atoms with E-state index in [0.29, 0.717) is 11.4 Å². The third-order valence-electron chi connectivity index (χ3n) is 3.82. The summed E-state index contributed by atoms with van der Waals surface area (Å²) in [5.74, 6) is -1.37. The van der Waals surface area contributed by atoms with Gasteiger partial charge in [0.2, 0.25) is 11.6 Å². The van der Waals surface area contributed by atoms with Crippen LogP contribution in [0.3, 0.4) is 0 Å². The standard InChI is InChI=1S/C19H15ClFN5O4/c1-2-30-19(27)11-4-3-5-12(8-11)24-17-16(26(28)29)18(23-10-22-17)25-13-6-7-15(21)14(20)9-13/h3-10H,2H2,1H3,(H2,22,23,24,25). The zero-order chi connectivity index (χ0) is 21.7. The molecule has 0 aliphatic heterocycles. The zero-order valence-corrected chi connectivity index (χ0v) is 16.3. The Morgan fingerprint density at radius 2 is 1.83 bits per heavy atom. The molecule has 3 rings (SSSR count). The Balaban J connectivity index is 1.93. The maximum Gasteiger partial charge on any atom is 0.353 e. The number of esters is 1. The zero-order valence-electron chi connectivity index (χ0n) is 15.6. The van der Waals surface area contributed by atoms with Crippen molar-refractivity contribution in [2.45, 2.75) is 6.92 Å². The van der Waals surface area contributed by atoms with Crippen LogP contribution in [-0.4, -0.2) is 27.5 Å². The minimum Gasteiger partial charge on any atom is -0.462 e. The summed E-state index contributed by atoms with van der Waals surface area (Å²) >= 11 is 5.75. The van der Waals surface area contributed by atoms with Crippen LogP contribution in [0.5, 0.6) is 0 Å². The SMILES string of the molecule is CCOC(=O)c1cccc(Nc2ncnc(Nc3ccc(F)c(Cl)c3)c2[N+](=O)[O-])c1. The molecule has 0 amide bonds. The van der Waals surface area contributed by atoms with Crippen molar-refractivity contribution in [3.63, 3.8) is 0 Å². The highest BCUT2D eigenvalue weighted by molar-refractivity contribution is 6.31. The monoisotopic (exact) mass is 431 g/mol. The molecule has 1 heterocycles. The van der Waals surface area contributed by atoms with Gasteiger partial charge in [0.25, 0.3) is 0 Å². The first-order valence-electron chi connectivity index (χ1n) is 8.64.